The third-order valence-corrected chi connectivity index (χ3v) is 8.41. The number of amides is 4. The Morgan fingerprint density at radius 1 is 1.11 bits per heavy atom. The van der Waals surface area contributed by atoms with Crippen LogP contribution in [0.2, 0.25) is 0 Å². The highest BCUT2D eigenvalue weighted by atomic mass is 32.1. The van der Waals surface area contributed by atoms with Gasteiger partial charge in [-0.15, -0.1) is 11.3 Å². The largest absolute Gasteiger partial charge is 0.370 e. The van der Waals surface area contributed by atoms with Gasteiger partial charge in [-0.3, -0.25) is 29.4 Å². The van der Waals surface area contributed by atoms with Gasteiger partial charge in [-0.05, 0) is 63.0 Å². The first kappa shape index (κ1) is 35.4. The third kappa shape index (κ3) is 11.4. The smallest absolute Gasteiger partial charge is 0.243 e. The molecule has 0 bridgehead atoms. The maximum Gasteiger partial charge on any atom is 0.243 e. The van der Waals surface area contributed by atoms with Gasteiger partial charge in [-0.2, -0.15) is 0 Å². The van der Waals surface area contributed by atoms with Crippen molar-refractivity contribution in [2.45, 2.75) is 89.4 Å². The Morgan fingerprint density at radius 3 is 2.58 bits per heavy atom. The van der Waals surface area contributed by atoms with Crippen molar-refractivity contribution in [3.63, 3.8) is 0 Å². The van der Waals surface area contributed by atoms with Crippen LogP contribution in [0.25, 0.3) is 10.2 Å². The summed E-state index contributed by atoms with van der Waals surface area (Å²) in [5.74, 6) is -2.55. The van der Waals surface area contributed by atoms with Crippen molar-refractivity contribution in [3.05, 3.63) is 29.3 Å². The van der Waals surface area contributed by atoms with Gasteiger partial charge >= 0.3 is 0 Å². The number of rotatable bonds is 10. The van der Waals surface area contributed by atoms with Crippen LogP contribution in [0.5, 0.6) is 0 Å². The molecule has 2 aromatic rings. The van der Waals surface area contributed by atoms with Gasteiger partial charge in [0.2, 0.25) is 29.4 Å². The molecule has 1 aliphatic rings. The predicted molar refractivity (Wildman–Crippen MR) is 172 cm³/mol. The first-order valence-corrected chi connectivity index (χ1v) is 16.2. The van der Waals surface area contributed by atoms with Gasteiger partial charge in [0.15, 0.2) is 11.0 Å². The predicted octanol–water partition coefficient (Wildman–Crippen LogP) is 0.650. The topological polar surface area (TPSA) is 234 Å². The van der Waals surface area contributed by atoms with Crippen molar-refractivity contribution in [2.24, 2.45) is 17.4 Å². The van der Waals surface area contributed by atoms with Crippen LogP contribution >= 0.6 is 11.3 Å². The zero-order chi connectivity index (χ0) is 32.9. The molecule has 0 spiro atoms. The number of Topliss-reactive ketones (excluding diaryl/α,β-unsaturated/α-hetero) is 1. The van der Waals surface area contributed by atoms with E-state index in [2.05, 4.69) is 31.6 Å². The SMILES string of the molecule is CC(C)C[C@@H]1NC(=O)[C@@H](N)CCCCNC(=O)CC[C@@H](C(=O)NC(CCCNC(=N)N)C(=O)c2nc3ccccc3s2)NC1=O. The molecule has 14 nitrogen and oxygen atoms in total. The van der Waals surface area contributed by atoms with Crippen molar-refractivity contribution < 1.29 is 24.0 Å². The zero-order valence-electron chi connectivity index (χ0n) is 25.8. The summed E-state index contributed by atoms with van der Waals surface area (Å²) >= 11 is 1.21. The molecule has 1 aliphatic heterocycles. The van der Waals surface area contributed by atoms with E-state index in [1.807, 2.05) is 32.0 Å². The van der Waals surface area contributed by atoms with E-state index in [0.29, 0.717) is 50.7 Å². The lowest BCUT2D eigenvalue weighted by atomic mass is 10.0. The van der Waals surface area contributed by atoms with Gasteiger partial charge in [0.05, 0.1) is 22.3 Å². The Kier molecular flexibility index (Phi) is 13.7. The molecule has 2 heterocycles. The standard InChI is InChI=1S/C30H45N9O5S/c1-17(2)16-22-28(44)37-21(12-13-24(40)34-14-6-5-8-18(31)26(42)38-22)27(43)36-20(10-7-15-35-30(32)33)25(41)29-39-19-9-3-4-11-23(19)45-29/h3-4,9,11,17-18,20-22H,5-8,10,12-16,31H2,1-2H3,(H,34,40)(H,36,43)(H,37,44)(H,38,42)(H4,32,33,35)/t18-,20?,21-,22-/m0/s1. The molecule has 45 heavy (non-hydrogen) atoms. The second kappa shape index (κ2) is 17.4. The number of nitrogens with zero attached hydrogens (tertiary/aromatic N) is 1. The molecular formula is C30H45N9O5S. The molecule has 1 fully saturated rings. The number of benzene rings is 1. The fourth-order valence-corrected chi connectivity index (χ4v) is 5.89. The van der Waals surface area contributed by atoms with Crippen molar-refractivity contribution in [1.29, 1.82) is 5.41 Å². The third-order valence-electron chi connectivity index (χ3n) is 7.36. The number of hydrogen-bond donors (Lipinski definition) is 8. The van der Waals surface area contributed by atoms with Crippen molar-refractivity contribution >= 4 is 56.9 Å². The number of para-hydroxylation sites is 1. The zero-order valence-corrected chi connectivity index (χ0v) is 26.6. The number of carbonyl (C=O) groups excluding carboxylic acids is 5. The average molecular weight is 644 g/mol. The second-order valence-electron chi connectivity index (χ2n) is 11.6. The summed E-state index contributed by atoms with van der Waals surface area (Å²) in [6.07, 6.45) is 2.46. The van der Waals surface area contributed by atoms with E-state index < -0.39 is 47.7 Å². The van der Waals surface area contributed by atoms with Crippen molar-refractivity contribution in [2.75, 3.05) is 13.1 Å². The van der Waals surface area contributed by atoms with E-state index in [4.69, 9.17) is 16.9 Å². The molecule has 1 aromatic heterocycles. The number of nitrogens with two attached hydrogens (primary N) is 2. The summed E-state index contributed by atoms with van der Waals surface area (Å²) in [6, 6.07) is 3.37. The van der Waals surface area contributed by atoms with Crippen LogP contribution in [0.15, 0.2) is 24.3 Å². The van der Waals surface area contributed by atoms with E-state index in [0.717, 1.165) is 4.70 Å². The average Bonchev–Trinajstić information content (AvgIpc) is 3.43. The highest BCUT2D eigenvalue weighted by Crippen LogP contribution is 2.23. The van der Waals surface area contributed by atoms with Gasteiger partial charge in [-0.25, -0.2) is 4.98 Å². The Balaban J connectivity index is 1.85. The fourth-order valence-electron chi connectivity index (χ4n) is 4.93. The van der Waals surface area contributed by atoms with Crippen molar-refractivity contribution in [1.82, 2.24) is 31.6 Å². The summed E-state index contributed by atoms with van der Waals surface area (Å²) in [7, 11) is 0. The van der Waals surface area contributed by atoms with Gasteiger partial charge in [0.25, 0.3) is 0 Å². The number of ketones is 1. The Morgan fingerprint density at radius 2 is 1.87 bits per heavy atom. The molecule has 3 rings (SSSR count). The molecule has 0 radical (unpaired) electrons. The Hall–Kier alpha value is -4.11. The summed E-state index contributed by atoms with van der Waals surface area (Å²) < 4.78 is 0.822. The van der Waals surface area contributed by atoms with Crippen LogP contribution in [0.4, 0.5) is 0 Å². The number of nitrogens with one attached hydrogen (secondary N) is 6. The molecule has 246 valence electrons. The normalized spacial score (nSPS) is 21.1. The number of aromatic nitrogens is 1. The van der Waals surface area contributed by atoms with E-state index in [-0.39, 0.29) is 42.1 Å². The monoisotopic (exact) mass is 643 g/mol. The van der Waals surface area contributed by atoms with Crippen LogP contribution in [0, 0.1) is 11.3 Å². The first-order valence-electron chi connectivity index (χ1n) is 15.4. The maximum atomic E-state index is 13.7. The fraction of sp³-hybridized carbons (Fsp3) is 0.567. The minimum Gasteiger partial charge on any atom is -0.370 e. The summed E-state index contributed by atoms with van der Waals surface area (Å²) in [5.41, 5.74) is 12.1. The number of thiazole rings is 1. The molecule has 0 aliphatic carbocycles. The van der Waals surface area contributed by atoms with Gasteiger partial charge in [0, 0.05) is 19.5 Å². The first-order chi connectivity index (χ1) is 21.4. The highest BCUT2D eigenvalue weighted by Gasteiger charge is 2.32. The van der Waals surface area contributed by atoms with Crippen molar-refractivity contribution in [3.8, 4) is 0 Å². The molecule has 1 unspecified atom stereocenters. The molecule has 4 atom stereocenters. The molecule has 1 saturated heterocycles. The minimum atomic E-state index is -1.17. The van der Waals surface area contributed by atoms with Gasteiger partial charge in [0.1, 0.15) is 12.1 Å². The van der Waals surface area contributed by atoms with E-state index in [1.165, 1.54) is 11.3 Å². The van der Waals surface area contributed by atoms with E-state index in [1.54, 1.807) is 6.07 Å². The summed E-state index contributed by atoms with van der Waals surface area (Å²) in [6.45, 7) is 4.50. The highest BCUT2D eigenvalue weighted by molar-refractivity contribution is 7.20. The number of guanidine groups is 1. The molecule has 0 saturated carbocycles. The molecule has 15 heteroatoms. The maximum absolute atomic E-state index is 13.7. The number of fused-ring (bicyclic) bond motifs is 1. The second-order valence-corrected chi connectivity index (χ2v) is 12.7. The quantitative estimate of drug-likeness (QED) is 0.0784. The molecule has 1 aromatic carbocycles. The van der Waals surface area contributed by atoms with Crippen LogP contribution in [0.3, 0.4) is 0 Å². The van der Waals surface area contributed by atoms with Gasteiger partial charge in [-0.1, -0.05) is 26.0 Å². The lowest BCUT2D eigenvalue weighted by molar-refractivity contribution is -0.133. The number of hydrogen-bond acceptors (Lipinski definition) is 9. The number of carbonyl (C=O) groups is 5. The van der Waals surface area contributed by atoms with Crippen LogP contribution < -0.4 is 38.1 Å². The van der Waals surface area contributed by atoms with Crippen LogP contribution in [-0.2, 0) is 19.2 Å². The summed E-state index contributed by atoms with van der Waals surface area (Å²) in [4.78, 5) is 70.7. The summed E-state index contributed by atoms with van der Waals surface area (Å²) in [5, 5.41) is 21.3. The molecular weight excluding hydrogens is 598 g/mol. The molecule has 10 N–H and O–H groups in total. The molecule has 4 amide bonds. The minimum absolute atomic E-state index is 0.0286. The van der Waals surface area contributed by atoms with E-state index >= 15 is 0 Å². The van der Waals surface area contributed by atoms with Crippen LogP contribution in [-0.4, -0.2) is 77.6 Å². The van der Waals surface area contributed by atoms with Gasteiger partial charge < -0.3 is 38.1 Å². The lowest BCUT2D eigenvalue weighted by Gasteiger charge is -2.26. The Bertz CT molecular complexity index is 1330. The lowest BCUT2D eigenvalue weighted by Crippen LogP contribution is -2.57. The van der Waals surface area contributed by atoms with Crippen LogP contribution in [0.1, 0.15) is 75.0 Å². The van der Waals surface area contributed by atoms with E-state index in [9.17, 15) is 24.0 Å². The Labute approximate surface area is 266 Å².